The molecule has 4 heterocycles. The van der Waals surface area contributed by atoms with Crippen molar-refractivity contribution in [2.75, 3.05) is 31.6 Å². The number of imidazole rings is 1. The molecule has 0 amide bonds. The molecule has 3 aromatic heterocycles. The van der Waals surface area contributed by atoms with Crippen LogP contribution in [0.1, 0.15) is 26.2 Å². The van der Waals surface area contributed by atoms with Crippen LogP contribution in [-0.2, 0) is 6.54 Å². The molecule has 1 saturated heterocycles. The number of nitrogens with zero attached hydrogens (tertiary/aromatic N) is 6. The molecule has 1 aromatic carbocycles. The first-order valence-corrected chi connectivity index (χ1v) is 11.7. The molecule has 1 fully saturated rings. The van der Waals surface area contributed by atoms with E-state index in [-0.39, 0.29) is 0 Å². The number of likely N-dealkylation sites (tertiary alicyclic amines) is 1. The van der Waals surface area contributed by atoms with Crippen molar-refractivity contribution in [1.29, 1.82) is 0 Å². The molecular weight excluding hydrogens is 414 g/mol. The molecular formula is C25H29N7O. The van der Waals surface area contributed by atoms with Crippen LogP contribution in [-0.4, -0.2) is 55.6 Å². The van der Waals surface area contributed by atoms with Gasteiger partial charge in [0, 0.05) is 42.8 Å². The van der Waals surface area contributed by atoms with Gasteiger partial charge in [-0.15, -0.1) is 0 Å². The van der Waals surface area contributed by atoms with Gasteiger partial charge in [0.05, 0.1) is 6.20 Å². The van der Waals surface area contributed by atoms with Crippen LogP contribution < -0.4 is 10.1 Å². The number of nitrogens with one attached hydrogen (secondary N) is 1. The fourth-order valence-corrected chi connectivity index (χ4v) is 4.27. The van der Waals surface area contributed by atoms with Crippen LogP contribution in [0, 0.1) is 0 Å². The lowest BCUT2D eigenvalue weighted by molar-refractivity contribution is 0.183. The predicted octanol–water partition coefficient (Wildman–Crippen LogP) is 4.52. The zero-order valence-corrected chi connectivity index (χ0v) is 18.9. The van der Waals surface area contributed by atoms with Gasteiger partial charge >= 0.3 is 0 Å². The number of pyridine rings is 1. The van der Waals surface area contributed by atoms with Gasteiger partial charge in [-0.2, -0.15) is 4.98 Å². The number of fused-ring (bicyclic) bond motifs is 1. The van der Waals surface area contributed by atoms with Crippen LogP contribution in [0.25, 0.3) is 22.6 Å². The molecule has 0 unspecified atom stereocenters. The van der Waals surface area contributed by atoms with E-state index in [1.807, 2.05) is 36.4 Å². The minimum Gasteiger partial charge on any atom is -0.492 e. The van der Waals surface area contributed by atoms with Crippen molar-refractivity contribution in [3.8, 4) is 17.1 Å². The quantitative estimate of drug-likeness (QED) is 0.429. The fourth-order valence-electron chi connectivity index (χ4n) is 4.27. The Balaban J connectivity index is 1.30. The maximum Gasteiger partial charge on any atom is 0.229 e. The van der Waals surface area contributed by atoms with Crippen molar-refractivity contribution >= 4 is 22.8 Å². The van der Waals surface area contributed by atoms with Gasteiger partial charge in [-0.25, -0.2) is 9.97 Å². The summed E-state index contributed by atoms with van der Waals surface area (Å²) in [5, 5.41) is 3.31. The zero-order chi connectivity index (χ0) is 22.5. The normalized spacial score (nSPS) is 14.5. The van der Waals surface area contributed by atoms with E-state index in [0.717, 1.165) is 47.1 Å². The Kier molecular flexibility index (Phi) is 6.44. The van der Waals surface area contributed by atoms with Crippen LogP contribution in [0.3, 0.4) is 0 Å². The maximum absolute atomic E-state index is 6.00. The Morgan fingerprint density at radius 3 is 2.70 bits per heavy atom. The summed E-state index contributed by atoms with van der Waals surface area (Å²) in [5.74, 6) is 2.24. The second-order valence-electron chi connectivity index (χ2n) is 8.22. The van der Waals surface area contributed by atoms with E-state index in [9.17, 15) is 0 Å². The zero-order valence-electron chi connectivity index (χ0n) is 18.9. The summed E-state index contributed by atoms with van der Waals surface area (Å²) >= 11 is 0. The minimum atomic E-state index is 0.531. The molecule has 1 aliphatic rings. The first-order valence-electron chi connectivity index (χ1n) is 11.7. The lowest BCUT2D eigenvalue weighted by Gasteiger charge is -2.26. The van der Waals surface area contributed by atoms with E-state index in [4.69, 9.17) is 14.7 Å². The molecule has 0 bridgehead atoms. The number of piperidine rings is 1. The highest BCUT2D eigenvalue weighted by atomic mass is 16.5. The number of hydrogen-bond donors (Lipinski definition) is 1. The Bertz CT molecular complexity index is 1200. The summed E-state index contributed by atoms with van der Waals surface area (Å²) in [6, 6.07) is 11.9. The number of benzene rings is 1. The molecule has 0 atom stereocenters. The molecule has 33 heavy (non-hydrogen) atoms. The third-order valence-corrected chi connectivity index (χ3v) is 5.96. The van der Waals surface area contributed by atoms with Crippen LogP contribution in [0.4, 0.5) is 11.6 Å². The minimum absolute atomic E-state index is 0.531. The van der Waals surface area contributed by atoms with Crippen molar-refractivity contribution < 1.29 is 4.74 Å². The number of hydrogen-bond acceptors (Lipinski definition) is 7. The molecule has 8 nitrogen and oxygen atoms in total. The standard InChI is InChI=1S/C25H29N7O/c1-2-32-23(19-9-11-26-12-10-19)29-22-18-27-25(30-24(22)32)28-20-7-6-8-21(17-20)33-16-15-31-13-4-3-5-14-31/h6-12,17-18H,2-5,13-16H2,1H3,(H,27,28,30). The van der Waals surface area contributed by atoms with Crippen molar-refractivity contribution in [1.82, 2.24) is 29.4 Å². The van der Waals surface area contributed by atoms with Gasteiger partial charge in [-0.1, -0.05) is 12.5 Å². The first-order chi connectivity index (χ1) is 16.3. The maximum atomic E-state index is 6.00. The van der Waals surface area contributed by atoms with Gasteiger partial charge in [0.2, 0.25) is 5.95 Å². The lowest BCUT2D eigenvalue weighted by atomic mass is 10.1. The van der Waals surface area contributed by atoms with E-state index < -0.39 is 0 Å². The lowest BCUT2D eigenvalue weighted by Crippen LogP contribution is -2.33. The second kappa shape index (κ2) is 9.95. The predicted molar refractivity (Wildman–Crippen MR) is 130 cm³/mol. The number of aryl methyl sites for hydroxylation is 1. The molecule has 0 radical (unpaired) electrons. The summed E-state index contributed by atoms with van der Waals surface area (Å²) in [6.07, 6.45) is 9.25. The number of anilines is 2. The molecule has 0 aliphatic carbocycles. The van der Waals surface area contributed by atoms with Gasteiger partial charge in [0.15, 0.2) is 5.65 Å². The van der Waals surface area contributed by atoms with E-state index in [1.165, 1.54) is 32.4 Å². The van der Waals surface area contributed by atoms with Gasteiger partial charge in [0.1, 0.15) is 23.7 Å². The molecule has 4 aromatic rings. The Labute approximate surface area is 193 Å². The van der Waals surface area contributed by atoms with Gasteiger partial charge in [-0.3, -0.25) is 9.88 Å². The van der Waals surface area contributed by atoms with Crippen molar-refractivity contribution in [2.45, 2.75) is 32.7 Å². The summed E-state index contributed by atoms with van der Waals surface area (Å²) in [4.78, 5) is 20.6. The Hall–Kier alpha value is -3.52. The number of aromatic nitrogens is 5. The van der Waals surface area contributed by atoms with Crippen molar-refractivity contribution in [2.24, 2.45) is 0 Å². The fraction of sp³-hybridized carbons (Fsp3) is 0.360. The van der Waals surface area contributed by atoms with Crippen LogP contribution >= 0.6 is 0 Å². The van der Waals surface area contributed by atoms with E-state index in [2.05, 4.69) is 31.7 Å². The van der Waals surface area contributed by atoms with E-state index in [1.54, 1.807) is 18.6 Å². The molecule has 1 aliphatic heterocycles. The Morgan fingerprint density at radius 1 is 1.03 bits per heavy atom. The average Bonchev–Trinajstić information content (AvgIpc) is 3.23. The van der Waals surface area contributed by atoms with Crippen molar-refractivity contribution in [3.05, 3.63) is 55.0 Å². The summed E-state index contributed by atoms with van der Waals surface area (Å²) in [5.41, 5.74) is 3.47. The second-order valence-corrected chi connectivity index (χ2v) is 8.22. The van der Waals surface area contributed by atoms with E-state index >= 15 is 0 Å². The highest BCUT2D eigenvalue weighted by Gasteiger charge is 2.14. The van der Waals surface area contributed by atoms with Crippen LogP contribution in [0.5, 0.6) is 5.75 Å². The van der Waals surface area contributed by atoms with Gasteiger partial charge < -0.3 is 14.6 Å². The average molecular weight is 444 g/mol. The SMILES string of the molecule is CCn1c(-c2ccncc2)nc2cnc(Nc3cccc(OCCN4CCCCC4)c3)nc21. The monoisotopic (exact) mass is 443 g/mol. The highest BCUT2D eigenvalue weighted by Crippen LogP contribution is 2.25. The topological polar surface area (TPSA) is 81.0 Å². The third kappa shape index (κ3) is 4.96. The summed E-state index contributed by atoms with van der Waals surface area (Å²) in [7, 11) is 0. The number of rotatable bonds is 8. The van der Waals surface area contributed by atoms with Gasteiger partial charge in [-0.05, 0) is 57.1 Å². The van der Waals surface area contributed by atoms with Crippen molar-refractivity contribution in [3.63, 3.8) is 0 Å². The molecule has 8 heteroatoms. The first kappa shape index (κ1) is 21.3. The summed E-state index contributed by atoms with van der Waals surface area (Å²) in [6.45, 7) is 6.87. The van der Waals surface area contributed by atoms with E-state index in [0.29, 0.717) is 12.6 Å². The Morgan fingerprint density at radius 2 is 1.88 bits per heavy atom. The van der Waals surface area contributed by atoms with Gasteiger partial charge in [0.25, 0.3) is 0 Å². The molecule has 0 saturated carbocycles. The third-order valence-electron chi connectivity index (χ3n) is 5.96. The smallest absolute Gasteiger partial charge is 0.229 e. The largest absolute Gasteiger partial charge is 0.492 e. The molecule has 5 rings (SSSR count). The number of ether oxygens (including phenoxy) is 1. The van der Waals surface area contributed by atoms with Crippen LogP contribution in [0.15, 0.2) is 55.0 Å². The molecule has 170 valence electrons. The highest BCUT2D eigenvalue weighted by molar-refractivity contribution is 5.77. The summed E-state index contributed by atoms with van der Waals surface area (Å²) < 4.78 is 8.10. The molecule has 1 N–H and O–H groups in total. The molecule has 0 spiro atoms. The van der Waals surface area contributed by atoms with Crippen LogP contribution in [0.2, 0.25) is 0 Å².